The Morgan fingerprint density at radius 1 is 1.25 bits per heavy atom. The van der Waals surface area contributed by atoms with Crippen LogP contribution < -0.4 is 0 Å². The van der Waals surface area contributed by atoms with Gasteiger partial charge in [-0.25, -0.2) is 8.60 Å². The van der Waals surface area contributed by atoms with E-state index in [2.05, 4.69) is 25.1 Å². The zero-order valence-corrected chi connectivity index (χ0v) is 18.3. The molecule has 0 aliphatic rings. The van der Waals surface area contributed by atoms with Crippen molar-refractivity contribution in [2.24, 2.45) is 10.3 Å². The van der Waals surface area contributed by atoms with Crippen LogP contribution in [-0.2, 0) is 20.5 Å². The Hall–Kier alpha value is -1.29. The summed E-state index contributed by atoms with van der Waals surface area (Å²) in [5.74, 6) is -3.97. The maximum atomic E-state index is 14.3. The second kappa shape index (κ2) is 9.96. The van der Waals surface area contributed by atoms with E-state index in [9.17, 15) is 26.6 Å². The number of carbonyl (C=O) groups excluding carboxylic acids is 1. The zero-order chi connectivity index (χ0) is 21.7. The summed E-state index contributed by atoms with van der Waals surface area (Å²) >= 11 is 3.14. The van der Waals surface area contributed by atoms with Gasteiger partial charge in [-0.2, -0.15) is 17.6 Å². The van der Waals surface area contributed by atoms with Crippen molar-refractivity contribution >= 4 is 38.6 Å². The largest absolute Gasteiger partial charge is 0.466 e. The average Bonchev–Trinajstić information content (AvgIpc) is 2.54. The average molecular weight is 488 g/mol. The predicted octanol–water partition coefficient (Wildman–Crippen LogP) is 5.36. The van der Waals surface area contributed by atoms with Crippen molar-refractivity contribution in [3.63, 3.8) is 0 Å². The fourth-order valence-electron chi connectivity index (χ4n) is 2.11. The van der Waals surface area contributed by atoms with Gasteiger partial charge < -0.3 is 4.74 Å². The van der Waals surface area contributed by atoms with E-state index in [1.807, 2.05) is 0 Å². The summed E-state index contributed by atoms with van der Waals surface area (Å²) < 4.78 is 75.3. The van der Waals surface area contributed by atoms with Gasteiger partial charge in [0.05, 0.1) is 29.4 Å². The molecule has 0 N–H and O–H groups in total. The van der Waals surface area contributed by atoms with Gasteiger partial charge in [0.1, 0.15) is 16.8 Å². The molecule has 1 aromatic rings. The number of benzene rings is 1. The summed E-state index contributed by atoms with van der Waals surface area (Å²) in [5, 5.41) is 0. The number of ether oxygens (including phenoxy) is 1. The van der Waals surface area contributed by atoms with Crippen LogP contribution in [-0.4, -0.2) is 33.4 Å². The summed E-state index contributed by atoms with van der Waals surface area (Å²) in [6.07, 6.45) is -6.50. The topological polar surface area (TPSA) is 55.7 Å². The first-order chi connectivity index (χ1) is 12.8. The lowest BCUT2D eigenvalue weighted by atomic mass is 9.94. The molecule has 0 aliphatic carbocycles. The number of hydrogen-bond donors (Lipinski definition) is 0. The molecule has 4 nitrogen and oxygen atoms in total. The first-order valence-electron chi connectivity index (χ1n) is 8.43. The van der Waals surface area contributed by atoms with Crippen LogP contribution in [0.25, 0.3) is 0 Å². The van der Waals surface area contributed by atoms with E-state index in [4.69, 9.17) is 0 Å². The van der Waals surface area contributed by atoms with Crippen molar-refractivity contribution in [3.05, 3.63) is 34.1 Å². The lowest BCUT2D eigenvalue weighted by Gasteiger charge is -2.22. The fourth-order valence-corrected chi connectivity index (χ4v) is 3.12. The lowest BCUT2D eigenvalue weighted by Crippen LogP contribution is -2.30. The third-order valence-electron chi connectivity index (χ3n) is 3.58. The number of carbonyl (C=O) groups is 1. The molecule has 10 heteroatoms. The molecular formula is C18H22BrF4NO3S. The molecule has 0 radical (unpaired) electrons. The minimum atomic E-state index is -4.75. The Kier molecular flexibility index (Phi) is 8.80. The van der Waals surface area contributed by atoms with E-state index in [0.717, 1.165) is 6.07 Å². The number of nitrogens with zero attached hydrogens (tertiary/aromatic N) is 1. The van der Waals surface area contributed by atoms with E-state index in [1.54, 1.807) is 20.8 Å². The zero-order valence-electron chi connectivity index (χ0n) is 15.9. The first kappa shape index (κ1) is 24.7. The first-order valence-corrected chi connectivity index (χ1v) is 10.3. The van der Waals surface area contributed by atoms with Crippen molar-refractivity contribution < 1.29 is 31.3 Å². The summed E-state index contributed by atoms with van der Waals surface area (Å²) in [6, 6.07) is 3.73. The third kappa shape index (κ3) is 7.62. The van der Waals surface area contributed by atoms with Gasteiger partial charge in [0, 0.05) is 16.5 Å². The van der Waals surface area contributed by atoms with Crippen LogP contribution in [0, 0.1) is 11.7 Å². The van der Waals surface area contributed by atoms with Crippen LogP contribution in [0.2, 0.25) is 0 Å². The molecule has 0 saturated heterocycles. The highest BCUT2D eigenvalue weighted by molar-refractivity contribution is 9.10. The van der Waals surface area contributed by atoms with Crippen molar-refractivity contribution in [2.75, 3.05) is 6.61 Å². The standard InChI is InChI=1S/C18H22BrF4NO3S/c1-5-27-16(25)9-11(18(21,22)23)8-15(24-28(26)17(2,3)4)13-10-12(19)6-7-14(13)20/h6-7,10-11H,5,8-9H2,1-4H3/b24-15-. The number of hydrogen-bond acceptors (Lipinski definition) is 3. The Bertz CT molecular complexity index is 760. The summed E-state index contributed by atoms with van der Waals surface area (Å²) in [6.45, 7) is 6.22. The van der Waals surface area contributed by atoms with Crippen LogP contribution in [0.1, 0.15) is 46.1 Å². The van der Waals surface area contributed by atoms with Gasteiger partial charge in [-0.3, -0.25) is 4.79 Å². The molecule has 2 atom stereocenters. The molecule has 2 unspecified atom stereocenters. The number of halogens is 5. The molecule has 0 bridgehead atoms. The fraction of sp³-hybridized carbons (Fsp3) is 0.556. The van der Waals surface area contributed by atoms with Gasteiger partial charge in [-0.05, 0) is 45.9 Å². The highest BCUT2D eigenvalue weighted by atomic mass is 79.9. The molecular weight excluding hydrogens is 466 g/mol. The molecule has 1 aromatic carbocycles. The quantitative estimate of drug-likeness (QED) is 0.295. The van der Waals surface area contributed by atoms with Crippen LogP contribution in [0.3, 0.4) is 0 Å². The van der Waals surface area contributed by atoms with Gasteiger partial charge in [0.25, 0.3) is 0 Å². The van der Waals surface area contributed by atoms with Crippen LogP contribution in [0.4, 0.5) is 17.6 Å². The molecule has 0 aliphatic heterocycles. The van der Waals surface area contributed by atoms with E-state index in [0.29, 0.717) is 4.47 Å². The van der Waals surface area contributed by atoms with E-state index >= 15 is 0 Å². The molecule has 28 heavy (non-hydrogen) atoms. The highest BCUT2D eigenvalue weighted by Crippen LogP contribution is 2.34. The molecule has 1 rings (SSSR count). The van der Waals surface area contributed by atoms with Gasteiger partial charge in [-0.1, -0.05) is 15.9 Å². The Balaban J connectivity index is 3.41. The molecule has 0 amide bonds. The second-order valence-electron chi connectivity index (χ2n) is 6.98. The van der Waals surface area contributed by atoms with Crippen molar-refractivity contribution in [1.29, 1.82) is 0 Å². The molecule has 0 spiro atoms. The van der Waals surface area contributed by atoms with Gasteiger partial charge in [-0.15, -0.1) is 0 Å². The summed E-state index contributed by atoms with van der Waals surface area (Å²) in [7, 11) is -1.92. The second-order valence-corrected chi connectivity index (χ2v) is 9.80. The Morgan fingerprint density at radius 3 is 2.36 bits per heavy atom. The van der Waals surface area contributed by atoms with Crippen molar-refractivity contribution in [2.45, 2.75) is 51.5 Å². The molecule has 158 valence electrons. The van der Waals surface area contributed by atoms with E-state index < -0.39 is 52.5 Å². The Morgan fingerprint density at radius 2 is 1.86 bits per heavy atom. The van der Waals surface area contributed by atoms with E-state index in [1.165, 1.54) is 19.1 Å². The van der Waals surface area contributed by atoms with Gasteiger partial charge in [0.15, 0.2) is 0 Å². The van der Waals surface area contributed by atoms with Crippen LogP contribution in [0.5, 0.6) is 0 Å². The van der Waals surface area contributed by atoms with Gasteiger partial charge in [0.2, 0.25) is 0 Å². The van der Waals surface area contributed by atoms with Gasteiger partial charge >= 0.3 is 12.1 Å². The predicted molar refractivity (Wildman–Crippen MR) is 104 cm³/mol. The molecule has 0 saturated carbocycles. The Labute approximate surface area is 172 Å². The number of rotatable bonds is 7. The molecule has 0 aromatic heterocycles. The van der Waals surface area contributed by atoms with E-state index in [-0.39, 0.29) is 17.9 Å². The maximum Gasteiger partial charge on any atom is 0.392 e. The monoisotopic (exact) mass is 487 g/mol. The lowest BCUT2D eigenvalue weighted by molar-refractivity contribution is -0.182. The maximum absolute atomic E-state index is 14.3. The molecule has 0 fully saturated rings. The smallest absolute Gasteiger partial charge is 0.392 e. The van der Waals surface area contributed by atoms with Crippen LogP contribution >= 0.6 is 15.9 Å². The summed E-state index contributed by atoms with van der Waals surface area (Å²) in [4.78, 5) is 11.6. The minimum Gasteiger partial charge on any atom is -0.466 e. The number of alkyl halides is 3. The third-order valence-corrected chi connectivity index (χ3v) is 5.50. The normalized spacial score (nSPS) is 15.2. The summed E-state index contributed by atoms with van der Waals surface area (Å²) in [5.41, 5.74) is -0.524. The van der Waals surface area contributed by atoms with Crippen molar-refractivity contribution in [1.82, 2.24) is 0 Å². The minimum absolute atomic E-state index is 0.0569. The number of esters is 1. The van der Waals surface area contributed by atoms with Crippen molar-refractivity contribution in [3.8, 4) is 0 Å². The van der Waals surface area contributed by atoms with Crippen LogP contribution in [0.15, 0.2) is 27.1 Å². The highest BCUT2D eigenvalue weighted by Gasteiger charge is 2.42. The molecule has 0 heterocycles. The SMILES string of the molecule is CCOC(=O)CC(C/C(=N/S(=O)C(C)(C)C)c1cc(Br)ccc1F)C(F)(F)F.